The number of hydrogen-bond acceptors (Lipinski definition) is 13. The fraction of sp³-hybridized carbons (Fsp3) is 0.714. The monoisotopic (exact) mass is 1740 g/mol. The molecule has 2 aromatic rings. The third kappa shape index (κ3) is 49.6. The van der Waals surface area contributed by atoms with Gasteiger partial charge in [0.2, 0.25) is 17.8 Å². The van der Waals surface area contributed by atoms with Gasteiger partial charge in [-0.05, 0) is 160 Å². The summed E-state index contributed by atoms with van der Waals surface area (Å²) in [6, 6.07) is 20.1. The quantitative estimate of drug-likeness (QED) is 0.0371. The van der Waals surface area contributed by atoms with Crippen LogP contribution in [0.2, 0.25) is 0 Å². The summed E-state index contributed by atoms with van der Waals surface area (Å²) in [5.41, 5.74) is 1.69. The van der Waals surface area contributed by atoms with Crippen molar-refractivity contribution in [1.82, 2.24) is 79.6 Å². The highest BCUT2D eigenvalue weighted by atomic mass is 16.1. The summed E-state index contributed by atoms with van der Waals surface area (Å²) < 4.78 is 0. The Bertz CT molecular complexity index is 3330. The molecule has 1 amide bonds. The van der Waals surface area contributed by atoms with Gasteiger partial charge in [-0.15, -0.1) is 0 Å². The molecule has 710 valence electrons. The molecule has 27 heteroatoms. The van der Waals surface area contributed by atoms with Crippen LogP contribution in [0.25, 0.3) is 0 Å². The lowest BCUT2D eigenvalue weighted by Gasteiger charge is -2.44. The number of nitrogens with one attached hydrogen (secondary N) is 4. The van der Waals surface area contributed by atoms with Gasteiger partial charge in [0.15, 0.2) is 35.8 Å². The maximum atomic E-state index is 12.3. The van der Waals surface area contributed by atoms with Gasteiger partial charge >= 0.3 is 0 Å². The first-order valence-corrected chi connectivity index (χ1v) is 47.6. The molecule has 4 heterocycles. The molecule has 2 aromatic carbocycles. The molecule has 0 radical (unpaired) electrons. The zero-order valence-corrected chi connectivity index (χ0v) is 84.1. The molecule has 2 unspecified atom stereocenters. The molecule has 4 N–H and O–H groups in total. The van der Waals surface area contributed by atoms with E-state index in [0.29, 0.717) is 36.3 Å². The van der Waals surface area contributed by atoms with Crippen LogP contribution in [-0.2, 0) is 4.79 Å². The first-order chi connectivity index (χ1) is 60.1. The van der Waals surface area contributed by atoms with Crippen molar-refractivity contribution in [3.05, 3.63) is 97.5 Å². The largest absolute Gasteiger partial charge is 0.360 e. The minimum Gasteiger partial charge on any atom is -0.360 e. The zero-order chi connectivity index (χ0) is 92.5. The van der Waals surface area contributed by atoms with Crippen LogP contribution in [0.15, 0.2) is 142 Å². The standard InChI is InChI=1S/C22H29N3O.C20H40N6.C19H42N6.C11H20N2.C10H17N3.C9H17N3.C7H17N3/c1-2-3-4-5-6-13-18-21(26)25-22(23-19-14-9-7-10-15-19)24-20-16-11-8-12-17-20;1-23(2)19(24(3)4)21-16-13-9-11-15-12-10-14-17(18(15)16)22-20(25(5)6)26(7)8;1-22(2)18(23(3)4)20-16-14-12-10-9-11-13-15-17-21-19(24(5)6)25(7)8;1-3-7-11-12-8-4-2-6-10-13(11)9-5-1;1-4-7-11-10(12-8-5-2)13-9-6-3;1-2-5-11-7-8-12-6-3-4-10-9(11)12;1-6-8-7(9(2)3)10(4)5/h7-12,14-17H,2-6,13,18H2,1H3,(H2,23,24,25,26);15-18H,9-14H2,1-8H3;9-17H2,1-8H3;1-10H2;4-9H,1-3H3,(H2,11,12,13);2-8H2,1H3;6H2,1-5H3/b;;;;7-4-,8-5+,9-6+;;. The number of aliphatic imine (C=N–C) groups is 9. The van der Waals surface area contributed by atoms with Gasteiger partial charge in [0.05, 0.1) is 23.6 Å². The van der Waals surface area contributed by atoms with Crippen molar-refractivity contribution in [2.24, 2.45) is 56.8 Å². The molecule has 8 rings (SSSR count). The first kappa shape index (κ1) is 112. The fourth-order valence-corrected chi connectivity index (χ4v) is 16.0. The van der Waals surface area contributed by atoms with Gasteiger partial charge in [-0.1, -0.05) is 152 Å². The minimum absolute atomic E-state index is 0.00129. The molecule has 27 nitrogen and oxygen atoms in total. The summed E-state index contributed by atoms with van der Waals surface area (Å²) in [7, 11) is 41.0. The maximum absolute atomic E-state index is 12.3. The van der Waals surface area contributed by atoms with Crippen LogP contribution in [0.5, 0.6) is 0 Å². The SMILES string of the molecule is C/C=C\N=C(N/C=C/C)N/C=C/C.C1CCN=C2CCCCCN2CC1.CCCCCCCCC(=O)NC(=Nc1ccccc1)Nc1ccccc1.CCCN1CCN2CCCN=C12.CCN=C(N(C)C)N(C)C.CN(C)C(=NC1CCCC2CCCC(N=C(N(C)C)N(C)C)C21)N(C)C.CN(C)C(=NCCCCCCCCCN=C(N(C)C)N(C)C)N(C)C. The number of benzene rings is 2. The fourth-order valence-electron chi connectivity index (χ4n) is 16.0. The molecular formula is C98H182N26O. The van der Waals surface area contributed by atoms with E-state index < -0.39 is 0 Å². The Balaban J connectivity index is 0.000000509. The number of carbonyl (C=O) groups is 1. The van der Waals surface area contributed by atoms with Crippen molar-refractivity contribution >= 4 is 70.8 Å². The molecule has 4 fully saturated rings. The topological polar surface area (TPSA) is 219 Å². The second kappa shape index (κ2) is 69.1. The average Bonchev–Trinajstić information content (AvgIpc) is 1.37. The number of para-hydroxylation sites is 2. The second-order valence-electron chi connectivity index (χ2n) is 35.0. The molecule has 125 heavy (non-hydrogen) atoms. The lowest BCUT2D eigenvalue weighted by atomic mass is 9.66. The van der Waals surface area contributed by atoms with Gasteiger partial charge in [-0.3, -0.25) is 35.1 Å². The van der Waals surface area contributed by atoms with E-state index in [9.17, 15) is 4.79 Å². The summed E-state index contributed by atoms with van der Waals surface area (Å²) >= 11 is 0. The Hall–Kier alpha value is -9.04. The molecule has 0 bridgehead atoms. The van der Waals surface area contributed by atoms with E-state index in [1.54, 1.807) is 6.20 Å². The van der Waals surface area contributed by atoms with Crippen LogP contribution >= 0.6 is 0 Å². The highest BCUT2D eigenvalue weighted by Gasteiger charge is 2.42. The molecule has 2 saturated carbocycles. The summed E-state index contributed by atoms with van der Waals surface area (Å²) in [5, 5.41) is 12.1. The Morgan fingerprint density at radius 2 is 0.896 bits per heavy atom. The van der Waals surface area contributed by atoms with Crippen LogP contribution in [0.4, 0.5) is 11.4 Å². The number of amidine groups is 1. The van der Waals surface area contributed by atoms with E-state index >= 15 is 0 Å². The average molecular weight is 1740 g/mol. The summed E-state index contributed by atoms with van der Waals surface area (Å²) in [4.78, 5) is 82.5. The number of fused-ring (bicyclic) bond motifs is 3. The summed E-state index contributed by atoms with van der Waals surface area (Å²) in [5.74, 6) is 10.5. The van der Waals surface area contributed by atoms with Crippen LogP contribution in [0.1, 0.15) is 228 Å². The van der Waals surface area contributed by atoms with E-state index in [2.05, 4.69) is 175 Å². The molecule has 0 aromatic heterocycles. The normalized spacial score (nSPS) is 16.8. The number of unbranched alkanes of at least 4 members (excludes halogenated alkanes) is 11. The van der Waals surface area contributed by atoms with Crippen LogP contribution < -0.4 is 21.3 Å². The van der Waals surface area contributed by atoms with E-state index in [1.165, 1.54) is 218 Å². The lowest BCUT2D eigenvalue weighted by molar-refractivity contribution is -0.119. The third-order valence-corrected chi connectivity index (χ3v) is 21.6. The number of guanidine groups is 8. The number of hydrogen-bond donors (Lipinski definition) is 4. The molecule has 2 atom stereocenters. The number of allylic oxidation sites excluding steroid dienone is 3. The Morgan fingerprint density at radius 1 is 0.440 bits per heavy atom. The molecule has 2 aliphatic carbocycles. The van der Waals surface area contributed by atoms with Crippen molar-refractivity contribution in [2.45, 2.75) is 240 Å². The van der Waals surface area contributed by atoms with Gasteiger partial charge in [0.1, 0.15) is 0 Å². The number of carbonyl (C=O) groups excluding carboxylic acids is 1. The molecule has 2 saturated heterocycles. The highest BCUT2D eigenvalue weighted by molar-refractivity contribution is 6.05. The molecule has 6 aliphatic rings. The van der Waals surface area contributed by atoms with E-state index in [4.69, 9.17) is 15.0 Å². The van der Waals surface area contributed by atoms with Gasteiger partial charge in [0, 0.05) is 244 Å². The predicted octanol–water partition coefficient (Wildman–Crippen LogP) is 16.4. The van der Waals surface area contributed by atoms with E-state index in [-0.39, 0.29) is 5.91 Å². The summed E-state index contributed by atoms with van der Waals surface area (Å²) in [6.45, 7) is 24.4. The van der Waals surface area contributed by atoms with Gasteiger partial charge in [0.25, 0.3) is 0 Å². The smallest absolute Gasteiger partial charge is 0.226 e. The lowest BCUT2D eigenvalue weighted by Crippen LogP contribution is -2.46. The van der Waals surface area contributed by atoms with E-state index in [1.807, 2.05) is 213 Å². The van der Waals surface area contributed by atoms with Crippen LogP contribution in [0, 0.1) is 11.8 Å². The predicted molar refractivity (Wildman–Crippen MR) is 543 cm³/mol. The van der Waals surface area contributed by atoms with Crippen molar-refractivity contribution in [1.29, 1.82) is 0 Å². The minimum atomic E-state index is -0.00129. The Labute approximate surface area is 763 Å². The number of rotatable bonds is 27. The van der Waals surface area contributed by atoms with Crippen LogP contribution in [0.3, 0.4) is 0 Å². The highest BCUT2D eigenvalue weighted by Crippen LogP contribution is 2.44. The van der Waals surface area contributed by atoms with Crippen LogP contribution in [-0.4, -0.2) is 348 Å². The summed E-state index contributed by atoms with van der Waals surface area (Å²) in [6.07, 6.45) is 47.0. The van der Waals surface area contributed by atoms with Gasteiger partial charge in [-0.25, -0.2) is 20.0 Å². The zero-order valence-electron chi connectivity index (χ0n) is 84.1. The van der Waals surface area contributed by atoms with Crippen molar-refractivity contribution < 1.29 is 4.79 Å². The molecule has 0 spiro atoms. The Kier molecular flexibility index (Phi) is 62.0. The second-order valence-corrected chi connectivity index (χ2v) is 35.0. The number of nitrogens with zero attached hydrogens (tertiary/aromatic N) is 22. The first-order valence-electron chi connectivity index (χ1n) is 47.6. The molecule has 4 aliphatic heterocycles. The van der Waals surface area contributed by atoms with Crippen molar-refractivity contribution in [3.8, 4) is 0 Å². The third-order valence-electron chi connectivity index (χ3n) is 21.6. The van der Waals surface area contributed by atoms with Gasteiger partial charge < -0.3 is 79.6 Å². The Morgan fingerprint density at radius 3 is 1.36 bits per heavy atom. The van der Waals surface area contributed by atoms with Crippen molar-refractivity contribution in [2.75, 3.05) is 218 Å². The number of amides is 1. The molecular weight excluding hydrogens is 1560 g/mol. The number of anilines is 1. The van der Waals surface area contributed by atoms with Gasteiger partial charge in [-0.2, -0.15) is 0 Å². The maximum Gasteiger partial charge on any atom is 0.226 e. The van der Waals surface area contributed by atoms with Crippen molar-refractivity contribution in [3.63, 3.8) is 0 Å². The van der Waals surface area contributed by atoms with E-state index in [0.717, 1.165) is 92.7 Å².